The first kappa shape index (κ1) is 16.6. The van der Waals surface area contributed by atoms with Gasteiger partial charge in [0.25, 0.3) is 0 Å². The molecule has 1 unspecified atom stereocenters. The summed E-state index contributed by atoms with van der Waals surface area (Å²) in [5.41, 5.74) is 1.58. The molecule has 3 rings (SSSR count). The van der Waals surface area contributed by atoms with E-state index in [4.69, 9.17) is 0 Å². The standard InChI is InChI=1S/C18H16BrFN2O2/c19-13-3-7-15(8-4-13)22-10-9-16(18(22)24)17(23)21-11-12-1-5-14(20)6-2-12/h1-8,16H,9-11H2,(H,21,23). The van der Waals surface area contributed by atoms with Gasteiger partial charge in [-0.15, -0.1) is 0 Å². The first-order chi connectivity index (χ1) is 11.5. The number of benzene rings is 2. The van der Waals surface area contributed by atoms with E-state index >= 15 is 0 Å². The molecule has 2 aromatic carbocycles. The highest BCUT2D eigenvalue weighted by Gasteiger charge is 2.37. The van der Waals surface area contributed by atoms with Crippen molar-refractivity contribution < 1.29 is 14.0 Å². The summed E-state index contributed by atoms with van der Waals surface area (Å²) in [6, 6.07) is 13.3. The maximum Gasteiger partial charge on any atom is 0.239 e. The van der Waals surface area contributed by atoms with Crippen molar-refractivity contribution in [2.24, 2.45) is 5.92 Å². The van der Waals surface area contributed by atoms with Crippen LogP contribution in [0.25, 0.3) is 0 Å². The molecule has 1 fully saturated rings. The Balaban J connectivity index is 1.61. The van der Waals surface area contributed by atoms with E-state index in [-0.39, 0.29) is 24.2 Å². The van der Waals surface area contributed by atoms with E-state index in [1.807, 2.05) is 24.3 Å². The van der Waals surface area contributed by atoms with Gasteiger partial charge in [0.1, 0.15) is 11.7 Å². The Hall–Kier alpha value is -2.21. The number of nitrogens with zero attached hydrogens (tertiary/aromatic N) is 1. The molecular formula is C18H16BrFN2O2. The van der Waals surface area contributed by atoms with Crippen molar-refractivity contribution in [3.63, 3.8) is 0 Å². The van der Waals surface area contributed by atoms with Crippen molar-refractivity contribution in [2.45, 2.75) is 13.0 Å². The Kier molecular flexibility index (Phi) is 4.94. The number of hydrogen-bond acceptors (Lipinski definition) is 2. The number of amides is 2. The minimum Gasteiger partial charge on any atom is -0.351 e. The molecule has 24 heavy (non-hydrogen) atoms. The third-order valence-electron chi connectivity index (χ3n) is 4.04. The average molecular weight is 391 g/mol. The summed E-state index contributed by atoms with van der Waals surface area (Å²) in [5.74, 6) is -1.46. The third kappa shape index (κ3) is 3.64. The summed E-state index contributed by atoms with van der Waals surface area (Å²) in [7, 11) is 0. The monoisotopic (exact) mass is 390 g/mol. The van der Waals surface area contributed by atoms with Crippen LogP contribution in [0, 0.1) is 11.7 Å². The Morgan fingerprint density at radius 3 is 2.50 bits per heavy atom. The lowest BCUT2D eigenvalue weighted by atomic mass is 10.1. The highest BCUT2D eigenvalue weighted by atomic mass is 79.9. The molecule has 6 heteroatoms. The van der Waals surface area contributed by atoms with Crippen molar-refractivity contribution in [3.05, 3.63) is 64.4 Å². The molecule has 1 saturated heterocycles. The molecule has 2 amide bonds. The van der Waals surface area contributed by atoms with Gasteiger partial charge in [0, 0.05) is 23.2 Å². The molecule has 124 valence electrons. The molecule has 0 radical (unpaired) electrons. The predicted octanol–water partition coefficient (Wildman–Crippen LogP) is 3.26. The van der Waals surface area contributed by atoms with Crippen LogP contribution in [-0.2, 0) is 16.1 Å². The summed E-state index contributed by atoms with van der Waals surface area (Å²) >= 11 is 3.36. The molecule has 1 atom stereocenters. The number of anilines is 1. The van der Waals surface area contributed by atoms with Gasteiger partial charge in [0.15, 0.2) is 0 Å². The van der Waals surface area contributed by atoms with Crippen molar-refractivity contribution in [1.82, 2.24) is 5.32 Å². The summed E-state index contributed by atoms with van der Waals surface area (Å²) in [4.78, 5) is 26.4. The lowest BCUT2D eigenvalue weighted by Gasteiger charge is -2.17. The van der Waals surface area contributed by atoms with Crippen molar-refractivity contribution in [3.8, 4) is 0 Å². The van der Waals surface area contributed by atoms with Crippen molar-refractivity contribution in [2.75, 3.05) is 11.4 Å². The van der Waals surface area contributed by atoms with E-state index in [9.17, 15) is 14.0 Å². The summed E-state index contributed by atoms with van der Waals surface area (Å²) in [6.45, 7) is 0.802. The third-order valence-corrected chi connectivity index (χ3v) is 4.57. The zero-order valence-electron chi connectivity index (χ0n) is 12.8. The van der Waals surface area contributed by atoms with Crippen LogP contribution in [0.1, 0.15) is 12.0 Å². The molecule has 0 spiro atoms. The molecule has 0 saturated carbocycles. The quantitative estimate of drug-likeness (QED) is 0.814. The fourth-order valence-corrected chi connectivity index (χ4v) is 2.98. The fourth-order valence-electron chi connectivity index (χ4n) is 2.72. The van der Waals surface area contributed by atoms with Gasteiger partial charge in [-0.2, -0.15) is 0 Å². The van der Waals surface area contributed by atoms with Gasteiger partial charge < -0.3 is 10.2 Å². The average Bonchev–Trinajstić information content (AvgIpc) is 2.96. The van der Waals surface area contributed by atoms with E-state index in [1.165, 1.54) is 12.1 Å². The van der Waals surface area contributed by atoms with Crippen LogP contribution >= 0.6 is 15.9 Å². The number of nitrogens with one attached hydrogen (secondary N) is 1. The normalized spacial score (nSPS) is 17.2. The maximum atomic E-state index is 12.9. The molecule has 1 heterocycles. The van der Waals surface area contributed by atoms with E-state index in [0.717, 1.165) is 15.7 Å². The number of halogens is 2. The molecule has 1 aliphatic heterocycles. The van der Waals surface area contributed by atoms with Gasteiger partial charge >= 0.3 is 0 Å². The van der Waals surface area contributed by atoms with E-state index in [1.54, 1.807) is 17.0 Å². The number of carbonyl (C=O) groups is 2. The molecule has 2 aromatic rings. The second-order valence-electron chi connectivity index (χ2n) is 5.65. The molecule has 0 aliphatic carbocycles. The van der Waals surface area contributed by atoms with Gasteiger partial charge in [-0.25, -0.2) is 4.39 Å². The maximum absolute atomic E-state index is 12.9. The van der Waals surface area contributed by atoms with E-state index in [2.05, 4.69) is 21.2 Å². The first-order valence-electron chi connectivity index (χ1n) is 7.64. The van der Waals surface area contributed by atoms with Crippen molar-refractivity contribution in [1.29, 1.82) is 0 Å². The molecule has 1 aliphatic rings. The van der Waals surface area contributed by atoms with Crippen LogP contribution in [0.2, 0.25) is 0 Å². The van der Waals surface area contributed by atoms with Gasteiger partial charge in [-0.05, 0) is 48.4 Å². The summed E-state index contributed by atoms with van der Waals surface area (Å²) < 4.78 is 13.8. The highest BCUT2D eigenvalue weighted by molar-refractivity contribution is 9.10. The van der Waals surface area contributed by atoms with Crippen LogP contribution in [0.15, 0.2) is 53.0 Å². The minimum absolute atomic E-state index is 0.186. The lowest BCUT2D eigenvalue weighted by Crippen LogP contribution is -2.36. The van der Waals surface area contributed by atoms with Crippen LogP contribution in [0.3, 0.4) is 0 Å². The topological polar surface area (TPSA) is 49.4 Å². The van der Waals surface area contributed by atoms with E-state index < -0.39 is 5.92 Å². The fraction of sp³-hybridized carbons (Fsp3) is 0.222. The van der Waals surface area contributed by atoms with Crippen LogP contribution in [0.4, 0.5) is 10.1 Å². The second kappa shape index (κ2) is 7.13. The van der Waals surface area contributed by atoms with Crippen LogP contribution in [0.5, 0.6) is 0 Å². The van der Waals surface area contributed by atoms with Gasteiger partial charge in [-0.3, -0.25) is 9.59 Å². The Labute approximate surface area is 147 Å². The van der Waals surface area contributed by atoms with Gasteiger partial charge in [0.05, 0.1) is 0 Å². The zero-order valence-corrected chi connectivity index (χ0v) is 14.4. The zero-order chi connectivity index (χ0) is 17.1. The SMILES string of the molecule is O=C(NCc1ccc(F)cc1)C1CCN(c2ccc(Br)cc2)C1=O. The Bertz CT molecular complexity index is 747. The smallest absolute Gasteiger partial charge is 0.239 e. The lowest BCUT2D eigenvalue weighted by molar-refractivity contribution is -0.132. The van der Waals surface area contributed by atoms with E-state index in [0.29, 0.717) is 13.0 Å². The number of rotatable bonds is 4. The van der Waals surface area contributed by atoms with Gasteiger partial charge in [-0.1, -0.05) is 28.1 Å². The summed E-state index contributed by atoms with van der Waals surface area (Å²) in [6.07, 6.45) is 0.490. The highest BCUT2D eigenvalue weighted by Crippen LogP contribution is 2.26. The molecule has 0 aromatic heterocycles. The van der Waals surface area contributed by atoms with Crippen molar-refractivity contribution >= 4 is 33.4 Å². The predicted molar refractivity (Wildman–Crippen MR) is 92.8 cm³/mol. The minimum atomic E-state index is -0.672. The van der Waals surface area contributed by atoms with Gasteiger partial charge in [0.2, 0.25) is 11.8 Å². The Morgan fingerprint density at radius 2 is 1.83 bits per heavy atom. The first-order valence-corrected chi connectivity index (χ1v) is 8.43. The van der Waals surface area contributed by atoms with Crippen LogP contribution < -0.4 is 10.2 Å². The molecular weight excluding hydrogens is 375 g/mol. The largest absolute Gasteiger partial charge is 0.351 e. The molecule has 0 bridgehead atoms. The second-order valence-corrected chi connectivity index (χ2v) is 6.57. The summed E-state index contributed by atoms with van der Waals surface area (Å²) in [5, 5.41) is 2.76. The van der Waals surface area contributed by atoms with Crippen LogP contribution in [-0.4, -0.2) is 18.4 Å². The number of hydrogen-bond donors (Lipinski definition) is 1. The molecule has 1 N–H and O–H groups in total. The number of carbonyl (C=O) groups excluding carboxylic acids is 2. The molecule has 4 nitrogen and oxygen atoms in total. The Morgan fingerprint density at radius 1 is 1.17 bits per heavy atom.